The predicted octanol–water partition coefficient (Wildman–Crippen LogP) is 5.13. The Morgan fingerprint density at radius 1 is 1.12 bits per heavy atom. The van der Waals surface area contributed by atoms with Gasteiger partial charge >= 0.3 is 0 Å². The third-order valence-corrected chi connectivity index (χ3v) is 5.57. The number of halogens is 1. The van der Waals surface area contributed by atoms with Crippen LogP contribution in [0, 0.1) is 0 Å². The summed E-state index contributed by atoms with van der Waals surface area (Å²) < 4.78 is 14.2. The molecule has 2 aliphatic rings. The van der Waals surface area contributed by atoms with Gasteiger partial charge in [0.2, 0.25) is 0 Å². The van der Waals surface area contributed by atoms with Crippen LogP contribution in [0.25, 0.3) is 0 Å². The molecular formula is C20H18ClN3O2. The van der Waals surface area contributed by atoms with Crippen molar-refractivity contribution in [2.24, 2.45) is 0 Å². The topological polar surface area (TPSA) is 49.2 Å². The largest absolute Gasteiger partial charge is 0.480 e. The van der Waals surface area contributed by atoms with Crippen molar-refractivity contribution in [2.45, 2.75) is 37.3 Å². The fourth-order valence-corrected chi connectivity index (χ4v) is 4.25. The van der Waals surface area contributed by atoms with E-state index in [-0.39, 0.29) is 11.6 Å². The lowest BCUT2D eigenvalue weighted by atomic mass is 9.72. The van der Waals surface area contributed by atoms with Crippen molar-refractivity contribution < 1.29 is 9.47 Å². The van der Waals surface area contributed by atoms with E-state index in [1.807, 2.05) is 41.1 Å². The first-order valence-corrected chi connectivity index (χ1v) is 9.23. The third-order valence-electron chi connectivity index (χ3n) is 5.32. The molecule has 2 heterocycles. The second kappa shape index (κ2) is 6.02. The lowest BCUT2D eigenvalue weighted by Gasteiger charge is -2.51. The number of hydrogen-bond acceptors (Lipinski definition) is 4. The van der Waals surface area contributed by atoms with Crippen LogP contribution < -0.4 is 9.47 Å². The summed E-state index contributed by atoms with van der Waals surface area (Å²) in [5.74, 6) is 2.40. The molecule has 1 aliphatic carbocycles. The summed E-state index contributed by atoms with van der Waals surface area (Å²) in [6.45, 7) is 0. The predicted molar refractivity (Wildman–Crippen MR) is 97.8 cm³/mol. The van der Waals surface area contributed by atoms with Gasteiger partial charge in [0.25, 0.3) is 0 Å². The van der Waals surface area contributed by atoms with Gasteiger partial charge in [0.1, 0.15) is 29.9 Å². The molecule has 0 amide bonds. The molecule has 5 rings (SSSR count). The van der Waals surface area contributed by atoms with Crippen molar-refractivity contribution >= 4 is 11.6 Å². The van der Waals surface area contributed by atoms with E-state index in [1.54, 1.807) is 12.7 Å². The molecule has 132 valence electrons. The lowest BCUT2D eigenvalue weighted by Crippen LogP contribution is -2.50. The van der Waals surface area contributed by atoms with Gasteiger partial charge in [-0.1, -0.05) is 18.0 Å². The Labute approximate surface area is 156 Å². The Morgan fingerprint density at radius 2 is 1.96 bits per heavy atom. The van der Waals surface area contributed by atoms with Crippen LogP contribution in [0.1, 0.15) is 37.3 Å². The second-order valence-electron chi connectivity index (χ2n) is 6.84. The van der Waals surface area contributed by atoms with E-state index in [1.165, 1.54) is 12.0 Å². The van der Waals surface area contributed by atoms with Crippen molar-refractivity contribution in [3.63, 3.8) is 0 Å². The maximum atomic E-state index is 6.36. The van der Waals surface area contributed by atoms with Gasteiger partial charge in [0, 0.05) is 16.7 Å². The van der Waals surface area contributed by atoms with Gasteiger partial charge in [-0.05, 0) is 55.7 Å². The number of hydrogen-bond donors (Lipinski definition) is 0. The lowest BCUT2D eigenvalue weighted by molar-refractivity contribution is -0.0686. The molecule has 6 heteroatoms. The van der Waals surface area contributed by atoms with E-state index >= 15 is 0 Å². The molecule has 0 N–H and O–H groups in total. The number of ether oxygens (including phenoxy) is 2. The van der Waals surface area contributed by atoms with Gasteiger partial charge < -0.3 is 9.47 Å². The highest BCUT2D eigenvalue weighted by Crippen LogP contribution is 2.57. The summed E-state index contributed by atoms with van der Waals surface area (Å²) in [6, 6.07) is 13.6. The highest BCUT2D eigenvalue weighted by Gasteiger charge is 2.53. The van der Waals surface area contributed by atoms with Crippen LogP contribution in [0.2, 0.25) is 5.02 Å². The average molecular weight is 368 g/mol. The van der Waals surface area contributed by atoms with Gasteiger partial charge in [0.05, 0.1) is 6.04 Å². The summed E-state index contributed by atoms with van der Waals surface area (Å²) >= 11 is 5.92. The molecular weight excluding hydrogens is 350 g/mol. The molecule has 1 spiro atoms. The first-order valence-electron chi connectivity index (χ1n) is 8.86. The summed E-state index contributed by atoms with van der Waals surface area (Å²) in [4.78, 5) is 4.11. The van der Waals surface area contributed by atoms with E-state index in [2.05, 4.69) is 16.1 Å². The highest BCUT2D eigenvalue weighted by atomic mass is 35.5. The van der Waals surface area contributed by atoms with E-state index in [4.69, 9.17) is 21.1 Å². The summed E-state index contributed by atoms with van der Waals surface area (Å²) in [7, 11) is 0. The first-order chi connectivity index (χ1) is 12.7. The Balaban J connectivity index is 1.43. The number of rotatable bonds is 3. The van der Waals surface area contributed by atoms with Gasteiger partial charge in [-0.3, -0.25) is 0 Å². The standard InChI is InChI=1S/C20H18ClN3O2/c21-14-4-6-15(7-5-14)25-16-8-9-17-18(11-16)26-20(17)10-2-1-3-19(20)24-13-22-12-23-24/h4-9,11-13,19H,1-3,10H2. The summed E-state index contributed by atoms with van der Waals surface area (Å²) in [5.41, 5.74) is 0.946. The van der Waals surface area contributed by atoms with E-state index in [9.17, 15) is 0 Å². The van der Waals surface area contributed by atoms with Crippen LogP contribution in [0.3, 0.4) is 0 Å². The zero-order chi connectivity index (χ0) is 17.6. The first kappa shape index (κ1) is 15.7. The van der Waals surface area contributed by atoms with E-state index in [0.29, 0.717) is 5.02 Å². The quantitative estimate of drug-likeness (QED) is 0.644. The molecule has 2 atom stereocenters. The van der Waals surface area contributed by atoms with Crippen molar-refractivity contribution in [1.29, 1.82) is 0 Å². The van der Waals surface area contributed by atoms with Gasteiger partial charge in [-0.15, -0.1) is 0 Å². The SMILES string of the molecule is Clc1ccc(Oc2ccc3c(c2)OC32CCCCC2n2cncn2)cc1. The Bertz CT molecular complexity index is 927. The monoisotopic (exact) mass is 367 g/mol. The third kappa shape index (κ3) is 2.46. The van der Waals surface area contributed by atoms with Crippen LogP contribution in [-0.4, -0.2) is 14.8 Å². The molecule has 0 bridgehead atoms. The number of benzene rings is 2. The maximum Gasteiger partial charge on any atom is 0.160 e. The molecule has 1 saturated carbocycles. The molecule has 0 saturated heterocycles. The minimum absolute atomic E-state index is 0.189. The van der Waals surface area contributed by atoms with E-state index < -0.39 is 0 Å². The average Bonchev–Trinajstić information content (AvgIpc) is 3.18. The molecule has 2 unspecified atom stereocenters. The van der Waals surface area contributed by atoms with Crippen LogP contribution in [0.15, 0.2) is 55.1 Å². The second-order valence-corrected chi connectivity index (χ2v) is 7.28. The number of aromatic nitrogens is 3. The Hall–Kier alpha value is -2.53. The Kier molecular flexibility index (Phi) is 3.64. The fraction of sp³-hybridized carbons (Fsp3) is 0.300. The molecule has 1 aliphatic heterocycles. The van der Waals surface area contributed by atoms with Crippen LogP contribution in [0.4, 0.5) is 0 Å². The van der Waals surface area contributed by atoms with Crippen molar-refractivity contribution in [3.05, 3.63) is 65.7 Å². The zero-order valence-corrected chi connectivity index (χ0v) is 14.9. The van der Waals surface area contributed by atoms with Gasteiger partial charge in [-0.25, -0.2) is 9.67 Å². The minimum atomic E-state index is -0.292. The van der Waals surface area contributed by atoms with Crippen LogP contribution in [0.5, 0.6) is 17.2 Å². The summed E-state index contributed by atoms with van der Waals surface area (Å²) in [5, 5.41) is 5.05. The zero-order valence-electron chi connectivity index (χ0n) is 14.1. The maximum absolute atomic E-state index is 6.36. The molecule has 3 aromatic rings. The van der Waals surface area contributed by atoms with E-state index in [0.717, 1.165) is 36.5 Å². The normalized spacial score (nSPS) is 23.8. The van der Waals surface area contributed by atoms with Crippen molar-refractivity contribution in [2.75, 3.05) is 0 Å². The molecule has 1 fully saturated rings. The highest BCUT2D eigenvalue weighted by molar-refractivity contribution is 6.30. The molecule has 2 aromatic carbocycles. The Morgan fingerprint density at radius 3 is 2.73 bits per heavy atom. The number of nitrogens with zero attached hydrogens (tertiary/aromatic N) is 3. The van der Waals surface area contributed by atoms with Crippen LogP contribution in [-0.2, 0) is 5.60 Å². The summed E-state index contributed by atoms with van der Waals surface area (Å²) in [6.07, 6.45) is 7.77. The fourth-order valence-electron chi connectivity index (χ4n) is 4.13. The van der Waals surface area contributed by atoms with Crippen molar-refractivity contribution in [1.82, 2.24) is 14.8 Å². The molecule has 0 radical (unpaired) electrons. The molecule has 5 nitrogen and oxygen atoms in total. The number of fused-ring (bicyclic) bond motifs is 2. The molecule has 1 aromatic heterocycles. The minimum Gasteiger partial charge on any atom is -0.480 e. The van der Waals surface area contributed by atoms with Crippen LogP contribution >= 0.6 is 11.6 Å². The molecule has 26 heavy (non-hydrogen) atoms. The van der Waals surface area contributed by atoms with Gasteiger partial charge in [0.15, 0.2) is 5.60 Å². The smallest absolute Gasteiger partial charge is 0.160 e. The van der Waals surface area contributed by atoms with Crippen molar-refractivity contribution in [3.8, 4) is 17.2 Å². The van der Waals surface area contributed by atoms with Gasteiger partial charge in [-0.2, -0.15) is 5.10 Å².